The van der Waals surface area contributed by atoms with Gasteiger partial charge in [-0.25, -0.2) is 0 Å². The van der Waals surface area contributed by atoms with Crippen molar-refractivity contribution in [2.45, 2.75) is 6.92 Å². The number of nitro groups is 1. The van der Waals surface area contributed by atoms with Crippen LogP contribution in [-0.4, -0.2) is 26.9 Å². The summed E-state index contributed by atoms with van der Waals surface area (Å²) in [5.74, 6) is -0.883. The summed E-state index contributed by atoms with van der Waals surface area (Å²) in [6.07, 6.45) is 0.967. The summed E-state index contributed by atoms with van der Waals surface area (Å²) in [5, 5.41) is 21.5. The van der Waals surface area contributed by atoms with Crippen LogP contribution in [0, 0.1) is 10.1 Å². The summed E-state index contributed by atoms with van der Waals surface area (Å²) < 4.78 is 0. The fraction of sp³-hybridized carbons (Fsp3) is 0.0833. The number of carbonyl (C=O) groups excluding carboxylic acids is 2. The van der Waals surface area contributed by atoms with Gasteiger partial charge in [-0.2, -0.15) is 5.10 Å². The predicted molar refractivity (Wildman–Crippen MR) is 73.9 cm³/mol. The molecule has 0 radical (unpaired) electrons. The number of amides is 2. The van der Waals surface area contributed by atoms with Crippen molar-refractivity contribution in [3.05, 3.63) is 46.3 Å². The average Bonchev–Trinajstić information content (AvgIpc) is 2.90. The number of carbonyl (C=O) groups is 2. The summed E-state index contributed by atoms with van der Waals surface area (Å²) in [4.78, 5) is 32.8. The summed E-state index contributed by atoms with van der Waals surface area (Å²) in [6, 6.07) is 6.31. The summed E-state index contributed by atoms with van der Waals surface area (Å²) in [7, 11) is 0. The largest absolute Gasteiger partial charge is 0.326 e. The molecule has 0 fully saturated rings. The highest BCUT2D eigenvalue weighted by molar-refractivity contribution is 6.05. The minimum absolute atomic E-state index is 0.208. The first-order valence-electron chi connectivity index (χ1n) is 5.84. The molecule has 2 rings (SSSR count). The number of H-pyrrole nitrogens is 1. The molecule has 1 aromatic heterocycles. The van der Waals surface area contributed by atoms with Crippen LogP contribution in [0.4, 0.5) is 17.1 Å². The third-order valence-corrected chi connectivity index (χ3v) is 2.51. The zero-order chi connectivity index (χ0) is 15.4. The summed E-state index contributed by atoms with van der Waals surface area (Å²) in [6.45, 7) is 1.38. The highest BCUT2D eigenvalue weighted by atomic mass is 16.6. The average molecular weight is 289 g/mol. The first-order chi connectivity index (χ1) is 9.97. The van der Waals surface area contributed by atoms with E-state index in [0.717, 1.165) is 6.20 Å². The van der Waals surface area contributed by atoms with E-state index in [0.29, 0.717) is 11.4 Å². The van der Waals surface area contributed by atoms with Crippen molar-refractivity contribution in [2.24, 2.45) is 0 Å². The lowest BCUT2D eigenvalue weighted by atomic mass is 10.2. The van der Waals surface area contributed by atoms with Gasteiger partial charge in [-0.3, -0.25) is 24.8 Å². The van der Waals surface area contributed by atoms with Gasteiger partial charge in [0, 0.05) is 18.3 Å². The topological polar surface area (TPSA) is 130 Å². The van der Waals surface area contributed by atoms with E-state index in [4.69, 9.17) is 0 Å². The third-order valence-electron chi connectivity index (χ3n) is 2.51. The monoisotopic (exact) mass is 289 g/mol. The Morgan fingerprint density at radius 2 is 1.76 bits per heavy atom. The molecule has 0 aliphatic heterocycles. The molecule has 2 aromatic rings. The molecule has 3 N–H and O–H groups in total. The molecule has 0 atom stereocenters. The Kier molecular flexibility index (Phi) is 3.93. The van der Waals surface area contributed by atoms with Crippen LogP contribution in [0.1, 0.15) is 17.4 Å². The highest BCUT2D eigenvalue weighted by Gasteiger charge is 2.22. The maximum atomic E-state index is 11.9. The minimum atomic E-state index is -0.696. The number of nitrogens with zero attached hydrogens (tertiary/aromatic N) is 2. The van der Waals surface area contributed by atoms with Crippen LogP contribution in [0.3, 0.4) is 0 Å². The summed E-state index contributed by atoms with van der Waals surface area (Å²) >= 11 is 0. The lowest BCUT2D eigenvalue weighted by Gasteiger charge is -2.05. The van der Waals surface area contributed by atoms with Gasteiger partial charge < -0.3 is 10.6 Å². The molecule has 2 amide bonds. The Balaban J connectivity index is 2.10. The number of anilines is 2. The van der Waals surface area contributed by atoms with E-state index in [1.54, 1.807) is 24.3 Å². The standard InChI is InChI=1S/C12H11N5O4/c1-7(18)14-8-2-4-9(5-3-8)15-12(19)11-10(17(20)21)6-13-16-11/h2-6H,1H3,(H,13,16)(H,14,18)(H,15,19). The van der Waals surface area contributed by atoms with Gasteiger partial charge in [0.2, 0.25) is 11.6 Å². The zero-order valence-corrected chi connectivity index (χ0v) is 10.9. The lowest BCUT2D eigenvalue weighted by Crippen LogP contribution is -2.14. The van der Waals surface area contributed by atoms with Gasteiger partial charge in [0.15, 0.2) is 0 Å². The van der Waals surface area contributed by atoms with E-state index in [2.05, 4.69) is 20.8 Å². The number of hydrogen-bond acceptors (Lipinski definition) is 5. The van der Waals surface area contributed by atoms with Gasteiger partial charge in [0.1, 0.15) is 6.20 Å². The van der Waals surface area contributed by atoms with Gasteiger partial charge in [-0.15, -0.1) is 0 Å². The summed E-state index contributed by atoms with van der Waals surface area (Å²) in [5.41, 5.74) is 0.374. The van der Waals surface area contributed by atoms with Crippen LogP contribution in [0.5, 0.6) is 0 Å². The second kappa shape index (κ2) is 5.82. The molecule has 1 heterocycles. The van der Waals surface area contributed by atoms with Crippen LogP contribution in [0.2, 0.25) is 0 Å². The van der Waals surface area contributed by atoms with Crippen molar-refractivity contribution in [3.63, 3.8) is 0 Å². The van der Waals surface area contributed by atoms with Crippen molar-refractivity contribution < 1.29 is 14.5 Å². The van der Waals surface area contributed by atoms with Crippen molar-refractivity contribution in [3.8, 4) is 0 Å². The first-order valence-corrected chi connectivity index (χ1v) is 5.84. The Bertz CT molecular complexity index is 692. The van der Waals surface area contributed by atoms with E-state index in [9.17, 15) is 19.7 Å². The molecule has 108 valence electrons. The SMILES string of the molecule is CC(=O)Nc1ccc(NC(=O)c2[nH]ncc2[N+](=O)[O-])cc1. The third kappa shape index (κ3) is 3.41. The van der Waals surface area contributed by atoms with E-state index in [1.165, 1.54) is 6.92 Å². The number of rotatable bonds is 4. The van der Waals surface area contributed by atoms with Gasteiger partial charge in [-0.05, 0) is 24.3 Å². The van der Waals surface area contributed by atoms with Crippen molar-refractivity contribution in [1.82, 2.24) is 10.2 Å². The molecule has 21 heavy (non-hydrogen) atoms. The number of benzene rings is 1. The number of aromatic amines is 1. The fourth-order valence-corrected chi connectivity index (χ4v) is 1.62. The molecule has 0 aliphatic carbocycles. The maximum Gasteiger partial charge on any atom is 0.319 e. The van der Waals surface area contributed by atoms with E-state index >= 15 is 0 Å². The van der Waals surface area contributed by atoms with Crippen LogP contribution < -0.4 is 10.6 Å². The molecule has 0 bridgehead atoms. The Morgan fingerprint density at radius 3 is 2.29 bits per heavy atom. The second-order valence-electron chi connectivity index (χ2n) is 4.10. The van der Waals surface area contributed by atoms with Crippen molar-refractivity contribution in [1.29, 1.82) is 0 Å². The van der Waals surface area contributed by atoms with Gasteiger partial charge in [0.05, 0.1) is 4.92 Å². The minimum Gasteiger partial charge on any atom is -0.326 e. The maximum absolute atomic E-state index is 11.9. The molecule has 0 aliphatic rings. The van der Waals surface area contributed by atoms with Crippen LogP contribution in [0.25, 0.3) is 0 Å². The van der Waals surface area contributed by atoms with E-state index in [-0.39, 0.29) is 11.6 Å². The quantitative estimate of drug-likeness (QED) is 0.580. The Hall–Kier alpha value is -3.23. The molecular formula is C12H11N5O4. The molecule has 0 saturated carbocycles. The van der Waals surface area contributed by atoms with Gasteiger partial charge >= 0.3 is 5.69 Å². The predicted octanol–water partition coefficient (Wildman–Crippen LogP) is 1.53. The fourth-order valence-electron chi connectivity index (χ4n) is 1.62. The Morgan fingerprint density at radius 1 is 1.19 bits per heavy atom. The number of hydrogen-bond donors (Lipinski definition) is 3. The van der Waals surface area contributed by atoms with Crippen molar-refractivity contribution >= 4 is 28.9 Å². The molecule has 0 saturated heterocycles. The van der Waals surface area contributed by atoms with E-state index < -0.39 is 16.5 Å². The van der Waals surface area contributed by atoms with Crippen molar-refractivity contribution in [2.75, 3.05) is 10.6 Å². The lowest BCUT2D eigenvalue weighted by molar-refractivity contribution is -0.385. The molecule has 0 unspecified atom stereocenters. The smallest absolute Gasteiger partial charge is 0.319 e. The molecular weight excluding hydrogens is 278 g/mol. The van der Waals surface area contributed by atoms with Crippen LogP contribution in [0.15, 0.2) is 30.5 Å². The van der Waals surface area contributed by atoms with Gasteiger partial charge in [0.25, 0.3) is 5.91 Å². The zero-order valence-electron chi connectivity index (χ0n) is 10.9. The number of nitrogens with one attached hydrogen (secondary N) is 3. The van der Waals surface area contributed by atoms with Gasteiger partial charge in [-0.1, -0.05) is 0 Å². The Labute approximate surface area is 118 Å². The van der Waals surface area contributed by atoms with Crippen LogP contribution >= 0.6 is 0 Å². The molecule has 0 spiro atoms. The molecule has 9 heteroatoms. The molecule has 1 aromatic carbocycles. The number of aromatic nitrogens is 2. The molecule has 9 nitrogen and oxygen atoms in total. The van der Waals surface area contributed by atoms with Crippen LogP contribution in [-0.2, 0) is 4.79 Å². The van der Waals surface area contributed by atoms with E-state index in [1.807, 2.05) is 0 Å². The first kappa shape index (κ1) is 14.2. The second-order valence-corrected chi connectivity index (χ2v) is 4.10. The normalized spacial score (nSPS) is 9.95. The highest BCUT2D eigenvalue weighted by Crippen LogP contribution is 2.18.